The molecule has 1 saturated heterocycles. The SMILES string of the molecule is O=C(Cc1ccc(-c2ccccc2)cc1)Nc1ccc(CC(=O)N2CCCC2)cc1. The van der Waals surface area contributed by atoms with E-state index in [0.717, 1.165) is 53.9 Å². The first-order valence-corrected chi connectivity index (χ1v) is 10.5. The van der Waals surface area contributed by atoms with Crippen LogP contribution < -0.4 is 5.32 Å². The predicted molar refractivity (Wildman–Crippen MR) is 120 cm³/mol. The number of carbonyl (C=O) groups excluding carboxylic acids is 2. The zero-order valence-electron chi connectivity index (χ0n) is 17.0. The van der Waals surface area contributed by atoms with E-state index in [1.165, 1.54) is 0 Å². The number of nitrogens with zero attached hydrogens (tertiary/aromatic N) is 1. The molecule has 0 atom stereocenters. The highest BCUT2D eigenvalue weighted by molar-refractivity contribution is 5.92. The summed E-state index contributed by atoms with van der Waals surface area (Å²) in [7, 11) is 0. The first-order chi connectivity index (χ1) is 14.7. The summed E-state index contributed by atoms with van der Waals surface area (Å²) >= 11 is 0. The van der Waals surface area contributed by atoms with Crippen LogP contribution in [0.25, 0.3) is 11.1 Å². The van der Waals surface area contributed by atoms with E-state index in [1.54, 1.807) is 0 Å². The second kappa shape index (κ2) is 9.40. The Labute approximate surface area is 177 Å². The maximum Gasteiger partial charge on any atom is 0.228 e. The molecule has 3 aromatic carbocycles. The maximum absolute atomic E-state index is 12.4. The predicted octanol–water partition coefficient (Wildman–Crippen LogP) is 4.70. The Balaban J connectivity index is 1.30. The van der Waals surface area contributed by atoms with Crippen molar-refractivity contribution >= 4 is 17.5 Å². The van der Waals surface area contributed by atoms with Crippen LogP contribution in [0.3, 0.4) is 0 Å². The molecular formula is C26H26N2O2. The molecule has 1 aliphatic rings. The van der Waals surface area contributed by atoms with Gasteiger partial charge in [0.15, 0.2) is 0 Å². The topological polar surface area (TPSA) is 49.4 Å². The van der Waals surface area contributed by atoms with Crippen LogP contribution in [0.1, 0.15) is 24.0 Å². The summed E-state index contributed by atoms with van der Waals surface area (Å²) in [5, 5.41) is 2.94. The van der Waals surface area contributed by atoms with E-state index in [2.05, 4.69) is 17.4 Å². The van der Waals surface area contributed by atoms with Crippen LogP contribution in [0.15, 0.2) is 78.9 Å². The van der Waals surface area contributed by atoms with Crippen molar-refractivity contribution in [3.63, 3.8) is 0 Å². The molecule has 1 aliphatic heterocycles. The minimum absolute atomic E-state index is 0.0524. The number of nitrogens with one attached hydrogen (secondary N) is 1. The van der Waals surface area contributed by atoms with Gasteiger partial charge in [-0.2, -0.15) is 0 Å². The average molecular weight is 399 g/mol. The zero-order valence-corrected chi connectivity index (χ0v) is 17.0. The molecule has 1 fully saturated rings. The first kappa shape index (κ1) is 19.9. The van der Waals surface area contributed by atoms with Crippen LogP contribution in [0.2, 0.25) is 0 Å². The molecule has 0 bridgehead atoms. The summed E-state index contributed by atoms with van der Waals surface area (Å²) in [4.78, 5) is 26.6. The number of rotatable bonds is 6. The van der Waals surface area contributed by atoms with Crippen molar-refractivity contribution in [2.75, 3.05) is 18.4 Å². The van der Waals surface area contributed by atoms with Gasteiger partial charge in [0, 0.05) is 18.8 Å². The van der Waals surface area contributed by atoms with E-state index < -0.39 is 0 Å². The molecule has 0 saturated carbocycles. The van der Waals surface area contributed by atoms with Gasteiger partial charge in [0.2, 0.25) is 11.8 Å². The largest absolute Gasteiger partial charge is 0.342 e. The highest BCUT2D eigenvalue weighted by Crippen LogP contribution is 2.20. The van der Waals surface area contributed by atoms with E-state index in [0.29, 0.717) is 12.8 Å². The number of amides is 2. The number of hydrogen-bond acceptors (Lipinski definition) is 2. The Morgan fingerprint density at radius 3 is 1.93 bits per heavy atom. The Morgan fingerprint density at radius 2 is 1.27 bits per heavy atom. The van der Waals surface area contributed by atoms with Crippen LogP contribution in [0, 0.1) is 0 Å². The van der Waals surface area contributed by atoms with Gasteiger partial charge in [0.05, 0.1) is 12.8 Å². The maximum atomic E-state index is 12.4. The molecule has 0 spiro atoms. The minimum Gasteiger partial charge on any atom is -0.342 e. The van der Waals surface area contributed by atoms with E-state index in [-0.39, 0.29) is 11.8 Å². The Hall–Kier alpha value is -3.40. The third kappa shape index (κ3) is 5.15. The molecule has 152 valence electrons. The third-order valence-corrected chi connectivity index (χ3v) is 5.48. The lowest BCUT2D eigenvalue weighted by Gasteiger charge is -2.15. The van der Waals surface area contributed by atoms with Crippen LogP contribution >= 0.6 is 0 Å². The van der Waals surface area contributed by atoms with Gasteiger partial charge < -0.3 is 10.2 Å². The van der Waals surface area contributed by atoms with Crippen molar-refractivity contribution in [3.8, 4) is 11.1 Å². The highest BCUT2D eigenvalue weighted by atomic mass is 16.2. The van der Waals surface area contributed by atoms with Crippen LogP contribution in [0.4, 0.5) is 5.69 Å². The van der Waals surface area contributed by atoms with Crippen molar-refractivity contribution < 1.29 is 9.59 Å². The second-order valence-electron chi connectivity index (χ2n) is 7.75. The summed E-state index contributed by atoms with van der Waals surface area (Å²) in [6, 6.07) is 25.8. The molecular weight excluding hydrogens is 372 g/mol. The van der Waals surface area contributed by atoms with Gasteiger partial charge in [0.25, 0.3) is 0 Å². The van der Waals surface area contributed by atoms with E-state index >= 15 is 0 Å². The molecule has 4 rings (SSSR count). The fourth-order valence-corrected chi connectivity index (χ4v) is 3.80. The Bertz CT molecular complexity index is 989. The normalized spacial score (nSPS) is 13.3. The van der Waals surface area contributed by atoms with Crippen molar-refractivity contribution in [1.29, 1.82) is 0 Å². The Kier molecular flexibility index (Phi) is 6.23. The molecule has 2 amide bonds. The molecule has 30 heavy (non-hydrogen) atoms. The number of benzene rings is 3. The molecule has 3 aromatic rings. The smallest absolute Gasteiger partial charge is 0.228 e. The standard InChI is InChI=1S/C26H26N2O2/c29-25(18-20-8-12-23(13-9-20)22-6-2-1-3-7-22)27-24-14-10-21(11-15-24)19-26(30)28-16-4-5-17-28/h1-3,6-15H,4-5,16-19H2,(H,27,29). The minimum atomic E-state index is -0.0524. The van der Waals surface area contributed by atoms with Crippen LogP contribution in [-0.4, -0.2) is 29.8 Å². The second-order valence-corrected chi connectivity index (χ2v) is 7.75. The molecule has 1 N–H and O–H groups in total. The molecule has 0 radical (unpaired) electrons. The van der Waals surface area contributed by atoms with Gasteiger partial charge in [-0.1, -0.05) is 66.7 Å². The van der Waals surface area contributed by atoms with Crippen LogP contribution in [-0.2, 0) is 22.4 Å². The van der Waals surface area contributed by atoms with Gasteiger partial charge in [-0.25, -0.2) is 0 Å². The number of anilines is 1. The fourth-order valence-electron chi connectivity index (χ4n) is 3.80. The van der Waals surface area contributed by atoms with E-state index in [1.807, 2.05) is 71.6 Å². The average Bonchev–Trinajstić information content (AvgIpc) is 3.31. The Morgan fingerprint density at radius 1 is 0.700 bits per heavy atom. The molecule has 4 nitrogen and oxygen atoms in total. The summed E-state index contributed by atoms with van der Waals surface area (Å²) in [5.74, 6) is 0.131. The van der Waals surface area contributed by atoms with Crippen LogP contribution in [0.5, 0.6) is 0 Å². The van der Waals surface area contributed by atoms with Crippen molar-refractivity contribution in [1.82, 2.24) is 4.90 Å². The van der Waals surface area contributed by atoms with Crippen molar-refractivity contribution in [3.05, 3.63) is 90.0 Å². The van der Waals surface area contributed by atoms with Gasteiger partial charge in [0.1, 0.15) is 0 Å². The summed E-state index contributed by atoms with van der Waals surface area (Å²) in [5.41, 5.74) is 5.00. The lowest BCUT2D eigenvalue weighted by atomic mass is 10.0. The van der Waals surface area contributed by atoms with E-state index in [9.17, 15) is 9.59 Å². The van der Waals surface area contributed by atoms with Crippen molar-refractivity contribution in [2.45, 2.75) is 25.7 Å². The number of carbonyl (C=O) groups is 2. The summed E-state index contributed by atoms with van der Waals surface area (Å²) in [6.07, 6.45) is 2.95. The highest BCUT2D eigenvalue weighted by Gasteiger charge is 2.17. The molecule has 4 heteroatoms. The van der Waals surface area contributed by atoms with Gasteiger partial charge >= 0.3 is 0 Å². The summed E-state index contributed by atoms with van der Waals surface area (Å²) in [6.45, 7) is 1.75. The molecule has 0 unspecified atom stereocenters. The van der Waals surface area contributed by atoms with Gasteiger partial charge in [-0.05, 0) is 47.2 Å². The number of hydrogen-bond donors (Lipinski definition) is 1. The molecule has 0 aliphatic carbocycles. The van der Waals surface area contributed by atoms with Gasteiger partial charge in [-0.15, -0.1) is 0 Å². The monoisotopic (exact) mass is 398 g/mol. The van der Waals surface area contributed by atoms with E-state index in [4.69, 9.17) is 0 Å². The third-order valence-electron chi connectivity index (χ3n) is 5.48. The molecule has 0 aromatic heterocycles. The first-order valence-electron chi connectivity index (χ1n) is 10.5. The molecule has 1 heterocycles. The summed E-state index contributed by atoms with van der Waals surface area (Å²) < 4.78 is 0. The lowest BCUT2D eigenvalue weighted by Crippen LogP contribution is -2.29. The van der Waals surface area contributed by atoms with Crippen molar-refractivity contribution in [2.24, 2.45) is 0 Å². The quantitative estimate of drug-likeness (QED) is 0.654. The fraction of sp³-hybridized carbons (Fsp3) is 0.231. The van der Waals surface area contributed by atoms with Gasteiger partial charge in [-0.3, -0.25) is 9.59 Å². The lowest BCUT2D eigenvalue weighted by molar-refractivity contribution is -0.129. The zero-order chi connectivity index (χ0) is 20.8. The number of likely N-dealkylation sites (tertiary alicyclic amines) is 1.